The quantitative estimate of drug-likeness (QED) is 0.481. The number of carbonyl (C=O) groups is 1. The SMILES string of the molecule is CON=C1CC(c2nc(CCO)no2)N(C)C1.O=Cc1ccc(-c2ccccc2)cc1. The first-order valence-corrected chi connectivity index (χ1v) is 9.97. The van der Waals surface area contributed by atoms with Gasteiger partial charge in [0.15, 0.2) is 5.82 Å². The molecule has 3 aromatic rings. The van der Waals surface area contributed by atoms with E-state index in [2.05, 4.69) is 32.3 Å². The summed E-state index contributed by atoms with van der Waals surface area (Å²) in [4.78, 5) is 21.5. The number of carbonyl (C=O) groups excluding carboxylic acids is 1. The van der Waals surface area contributed by atoms with Crippen LogP contribution in [-0.2, 0) is 11.3 Å². The van der Waals surface area contributed by atoms with E-state index in [9.17, 15) is 4.79 Å². The van der Waals surface area contributed by atoms with Gasteiger partial charge >= 0.3 is 0 Å². The maximum Gasteiger partial charge on any atom is 0.244 e. The molecule has 1 aliphatic rings. The first kappa shape index (κ1) is 22.3. The van der Waals surface area contributed by atoms with Gasteiger partial charge in [-0.15, -0.1) is 0 Å². The molecule has 0 bridgehead atoms. The minimum absolute atomic E-state index is 0.0237. The molecule has 1 aliphatic heterocycles. The minimum atomic E-state index is 0.0237. The summed E-state index contributed by atoms with van der Waals surface area (Å²) in [6.07, 6.45) is 2.00. The van der Waals surface area contributed by atoms with E-state index in [1.807, 2.05) is 49.5 Å². The fourth-order valence-corrected chi connectivity index (χ4v) is 3.30. The van der Waals surface area contributed by atoms with E-state index >= 15 is 0 Å². The third-order valence-corrected chi connectivity index (χ3v) is 4.87. The third kappa shape index (κ3) is 6.07. The summed E-state index contributed by atoms with van der Waals surface area (Å²) in [5.41, 5.74) is 3.98. The van der Waals surface area contributed by atoms with E-state index in [0.29, 0.717) is 23.7 Å². The number of hydrogen-bond acceptors (Lipinski definition) is 8. The van der Waals surface area contributed by atoms with Crippen LogP contribution in [0.3, 0.4) is 0 Å². The largest absolute Gasteiger partial charge is 0.399 e. The van der Waals surface area contributed by atoms with Crippen molar-refractivity contribution in [2.75, 3.05) is 27.3 Å². The van der Waals surface area contributed by atoms with Gasteiger partial charge in [0.1, 0.15) is 13.4 Å². The van der Waals surface area contributed by atoms with Crippen LogP contribution >= 0.6 is 0 Å². The van der Waals surface area contributed by atoms with Crippen LogP contribution in [0.4, 0.5) is 0 Å². The van der Waals surface area contributed by atoms with Crippen molar-refractivity contribution in [2.45, 2.75) is 18.9 Å². The average molecular weight is 422 g/mol. The lowest BCUT2D eigenvalue weighted by molar-refractivity contribution is 0.112. The highest BCUT2D eigenvalue weighted by molar-refractivity contribution is 5.88. The van der Waals surface area contributed by atoms with Crippen LogP contribution in [0.1, 0.15) is 34.5 Å². The predicted octanol–water partition coefficient (Wildman–Crippen LogP) is 3.15. The number of aliphatic hydroxyl groups excluding tert-OH is 1. The first-order valence-electron chi connectivity index (χ1n) is 9.97. The lowest BCUT2D eigenvalue weighted by atomic mass is 10.0. The van der Waals surface area contributed by atoms with Gasteiger partial charge in [-0.2, -0.15) is 4.98 Å². The average Bonchev–Trinajstić information content (AvgIpc) is 3.41. The molecule has 0 radical (unpaired) electrons. The lowest BCUT2D eigenvalue weighted by Gasteiger charge is -2.13. The Kier molecular flexibility index (Phi) is 8.03. The van der Waals surface area contributed by atoms with Crippen molar-refractivity contribution in [1.82, 2.24) is 15.0 Å². The van der Waals surface area contributed by atoms with E-state index in [1.54, 1.807) is 0 Å². The van der Waals surface area contributed by atoms with Crippen molar-refractivity contribution in [1.29, 1.82) is 0 Å². The number of nitrogens with zero attached hydrogens (tertiary/aromatic N) is 4. The van der Waals surface area contributed by atoms with Crippen LogP contribution in [0, 0.1) is 0 Å². The molecule has 0 aliphatic carbocycles. The van der Waals surface area contributed by atoms with E-state index in [1.165, 1.54) is 12.7 Å². The van der Waals surface area contributed by atoms with Gasteiger partial charge < -0.3 is 14.5 Å². The highest BCUT2D eigenvalue weighted by atomic mass is 16.6. The molecule has 2 aromatic carbocycles. The zero-order valence-corrected chi connectivity index (χ0v) is 17.6. The number of aromatic nitrogens is 2. The Morgan fingerprint density at radius 2 is 1.90 bits per heavy atom. The zero-order chi connectivity index (χ0) is 22.1. The fourth-order valence-electron chi connectivity index (χ4n) is 3.30. The summed E-state index contributed by atoms with van der Waals surface area (Å²) in [6, 6.07) is 17.7. The number of benzene rings is 2. The van der Waals surface area contributed by atoms with Crippen molar-refractivity contribution in [2.24, 2.45) is 5.16 Å². The van der Waals surface area contributed by atoms with Gasteiger partial charge in [0.25, 0.3) is 0 Å². The van der Waals surface area contributed by atoms with Crippen LogP contribution in [0.2, 0.25) is 0 Å². The number of aliphatic hydroxyl groups is 1. The lowest BCUT2D eigenvalue weighted by Crippen LogP contribution is -2.18. The normalized spacial score (nSPS) is 17.3. The molecule has 1 fully saturated rings. The van der Waals surface area contributed by atoms with Crippen LogP contribution in [-0.4, -0.2) is 59.5 Å². The van der Waals surface area contributed by atoms with Gasteiger partial charge in [0, 0.05) is 24.9 Å². The summed E-state index contributed by atoms with van der Waals surface area (Å²) in [6.45, 7) is 0.756. The Morgan fingerprint density at radius 3 is 2.55 bits per heavy atom. The fraction of sp³-hybridized carbons (Fsp3) is 0.304. The molecule has 1 atom stereocenters. The van der Waals surface area contributed by atoms with Crippen molar-refractivity contribution in [3.05, 3.63) is 71.9 Å². The second-order valence-electron chi connectivity index (χ2n) is 7.10. The molecule has 2 heterocycles. The number of hydrogen-bond donors (Lipinski definition) is 1. The molecule has 1 saturated heterocycles. The van der Waals surface area contributed by atoms with Crippen LogP contribution in [0.15, 0.2) is 64.3 Å². The van der Waals surface area contributed by atoms with Gasteiger partial charge in [-0.1, -0.05) is 64.9 Å². The monoisotopic (exact) mass is 422 g/mol. The molecule has 8 heteroatoms. The van der Waals surface area contributed by atoms with E-state index < -0.39 is 0 Å². The Hall–Kier alpha value is -3.36. The van der Waals surface area contributed by atoms with Crippen LogP contribution in [0.25, 0.3) is 11.1 Å². The molecule has 0 spiro atoms. The van der Waals surface area contributed by atoms with Gasteiger partial charge in [0.2, 0.25) is 5.89 Å². The second-order valence-corrected chi connectivity index (χ2v) is 7.10. The van der Waals surface area contributed by atoms with Gasteiger partial charge in [-0.05, 0) is 18.2 Å². The van der Waals surface area contributed by atoms with Crippen LogP contribution < -0.4 is 0 Å². The molecule has 8 nitrogen and oxygen atoms in total. The number of oxime groups is 1. The Labute approximate surface area is 181 Å². The first-order chi connectivity index (χ1) is 15.1. The van der Waals surface area contributed by atoms with E-state index in [-0.39, 0.29) is 12.6 Å². The number of aldehydes is 1. The molecular weight excluding hydrogens is 396 g/mol. The summed E-state index contributed by atoms with van der Waals surface area (Å²) >= 11 is 0. The maximum absolute atomic E-state index is 10.5. The molecule has 31 heavy (non-hydrogen) atoms. The maximum atomic E-state index is 10.5. The standard InChI is InChI=1S/C13H10O.C10H16N4O3/c14-10-11-6-8-13(9-7-11)12-4-2-1-3-5-12;1-14-6-7(12-16-2)5-8(14)10-11-9(3-4-15)13-17-10/h1-10H;8,15H,3-6H2,1-2H3. The zero-order valence-electron chi connectivity index (χ0n) is 17.6. The van der Waals surface area contributed by atoms with E-state index in [4.69, 9.17) is 14.5 Å². The molecule has 0 saturated carbocycles. The Bertz CT molecular complexity index is 986. The summed E-state index contributed by atoms with van der Waals surface area (Å²) in [5, 5.41) is 16.5. The summed E-state index contributed by atoms with van der Waals surface area (Å²) in [7, 11) is 3.51. The van der Waals surface area contributed by atoms with Crippen molar-refractivity contribution >= 4 is 12.0 Å². The highest BCUT2D eigenvalue weighted by Gasteiger charge is 2.32. The van der Waals surface area contributed by atoms with Crippen LogP contribution in [0.5, 0.6) is 0 Å². The third-order valence-electron chi connectivity index (χ3n) is 4.87. The molecular formula is C23H26N4O4. The number of rotatable bonds is 6. The second kappa shape index (κ2) is 11.1. The van der Waals surface area contributed by atoms with Crippen molar-refractivity contribution in [3.63, 3.8) is 0 Å². The molecule has 0 amide bonds. The minimum Gasteiger partial charge on any atom is -0.399 e. The highest BCUT2D eigenvalue weighted by Crippen LogP contribution is 2.28. The Morgan fingerprint density at radius 1 is 1.19 bits per heavy atom. The van der Waals surface area contributed by atoms with Crippen molar-refractivity contribution in [3.8, 4) is 11.1 Å². The Balaban J connectivity index is 0.000000179. The molecule has 4 rings (SSSR count). The topological polar surface area (TPSA) is 101 Å². The van der Waals surface area contributed by atoms with Gasteiger partial charge in [0.05, 0.1) is 18.4 Å². The number of likely N-dealkylation sites (tertiary alicyclic amines) is 1. The van der Waals surface area contributed by atoms with Crippen molar-refractivity contribution < 1.29 is 19.3 Å². The van der Waals surface area contributed by atoms with E-state index in [0.717, 1.165) is 30.5 Å². The molecule has 162 valence electrons. The smallest absolute Gasteiger partial charge is 0.244 e. The molecule has 1 N–H and O–H groups in total. The van der Waals surface area contributed by atoms with Gasteiger partial charge in [-0.3, -0.25) is 9.69 Å². The summed E-state index contributed by atoms with van der Waals surface area (Å²) < 4.78 is 5.19. The van der Waals surface area contributed by atoms with Gasteiger partial charge in [-0.25, -0.2) is 0 Å². The predicted molar refractivity (Wildman–Crippen MR) is 117 cm³/mol. The molecule has 1 unspecified atom stereocenters. The molecule has 1 aromatic heterocycles. The summed E-state index contributed by atoms with van der Waals surface area (Å²) in [5.74, 6) is 1.10.